The number of carbonyl (C=O) groups excluding carboxylic acids is 1. The molecule has 31 heavy (non-hydrogen) atoms. The zero-order valence-corrected chi connectivity index (χ0v) is 19.0. The molecule has 11 heteroatoms. The summed E-state index contributed by atoms with van der Waals surface area (Å²) in [5, 5.41) is 6.54. The molecular weight excluding hydrogens is 447 g/mol. The highest BCUT2D eigenvalue weighted by Crippen LogP contribution is 2.29. The zero-order chi connectivity index (χ0) is 22.8. The van der Waals surface area contributed by atoms with Crippen molar-refractivity contribution in [2.75, 3.05) is 32.5 Å². The van der Waals surface area contributed by atoms with Crippen molar-refractivity contribution in [2.45, 2.75) is 24.7 Å². The van der Waals surface area contributed by atoms with Crippen LogP contribution in [0, 0.1) is 18.7 Å². The number of nitrogens with one attached hydrogen (secondary N) is 1. The third-order valence-electron chi connectivity index (χ3n) is 4.90. The number of rotatable bonds is 6. The van der Waals surface area contributed by atoms with E-state index in [0.29, 0.717) is 12.8 Å². The fourth-order valence-corrected chi connectivity index (χ4v) is 5.28. The first-order valence-corrected chi connectivity index (χ1v) is 11.5. The first kappa shape index (κ1) is 23.2. The summed E-state index contributed by atoms with van der Waals surface area (Å²) in [5.41, 5.74) is 0.244. The topological polar surface area (TPSA) is 95.8 Å². The van der Waals surface area contributed by atoms with Crippen LogP contribution in [0.25, 0.3) is 6.08 Å². The number of benzene rings is 1. The van der Waals surface area contributed by atoms with Gasteiger partial charge in [0, 0.05) is 44.5 Å². The summed E-state index contributed by atoms with van der Waals surface area (Å²) >= 11 is 5.74. The van der Waals surface area contributed by atoms with Crippen molar-refractivity contribution in [2.24, 2.45) is 5.92 Å². The zero-order valence-electron chi connectivity index (χ0n) is 17.4. The average molecular weight is 471 g/mol. The highest BCUT2D eigenvalue weighted by atomic mass is 35.5. The van der Waals surface area contributed by atoms with E-state index in [9.17, 15) is 17.6 Å². The molecule has 0 aliphatic carbocycles. The number of aryl methyl sites for hydroxylation is 1. The summed E-state index contributed by atoms with van der Waals surface area (Å²) in [6.45, 7) is 1.80. The van der Waals surface area contributed by atoms with Crippen molar-refractivity contribution < 1.29 is 22.1 Å². The van der Waals surface area contributed by atoms with Gasteiger partial charge in [0.05, 0.1) is 11.6 Å². The molecule has 1 aromatic carbocycles. The molecule has 168 valence electrons. The first-order chi connectivity index (χ1) is 14.6. The van der Waals surface area contributed by atoms with E-state index < -0.39 is 27.7 Å². The van der Waals surface area contributed by atoms with Gasteiger partial charge in [0.25, 0.3) is 0 Å². The maximum Gasteiger partial charge on any atom is 0.248 e. The minimum Gasteiger partial charge on any atom is -0.383 e. The molecule has 1 amide bonds. The molecule has 1 saturated heterocycles. The van der Waals surface area contributed by atoms with E-state index in [2.05, 4.69) is 10.5 Å². The lowest BCUT2D eigenvalue weighted by molar-refractivity contribution is -0.120. The van der Waals surface area contributed by atoms with Crippen LogP contribution in [0.4, 0.5) is 10.1 Å². The molecule has 2 aromatic rings. The summed E-state index contributed by atoms with van der Waals surface area (Å²) in [4.78, 5) is 14.4. The summed E-state index contributed by atoms with van der Waals surface area (Å²) in [5.74, 6) is -1.60. The summed E-state index contributed by atoms with van der Waals surface area (Å²) in [7, 11) is -0.351. The molecule has 1 aromatic heterocycles. The van der Waals surface area contributed by atoms with Crippen molar-refractivity contribution >= 4 is 39.3 Å². The van der Waals surface area contributed by atoms with Crippen molar-refractivity contribution in [1.82, 2.24) is 14.4 Å². The molecule has 1 aliphatic heterocycles. The van der Waals surface area contributed by atoms with E-state index in [1.807, 2.05) is 0 Å². The van der Waals surface area contributed by atoms with E-state index >= 15 is 0 Å². The molecule has 1 N–H and O–H groups in total. The molecule has 8 nitrogen and oxygen atoms in total. The Hall–Kier alpha value is -2.43. The fourth-order valence-electron chi connectivity index (χ4n) is 3.34. The number of anilines is 1. The Kier molecular flexibility index (Phi) is 7.03. The van der Waals surface area contributed by atoms with Gasteiger partial charge in [-0.3, -0.25) is 4.79 Å². The maximum absolute atomic E-state index is 14.0. The van der Waals surface area contributed by atoms with Crippen molar-refractivity contribution in [3.8, 4) is 0 Å². The average Bonchev–Trinajstić information content (AvgIpc) is 3.09. The number of amides is 1. The number of carbonyl (C=O) groups is 1. The van der Waals surface area contributed by atoms with Crippen LogP contribution in [0.2, 0.25) is 5.02 Å². The van der Waals surface area contributed by atoms with Gasteiger partial charge in [-0.25, -0.2) is 12.8 Å². The van der Waals surface area contributed by atoms with E-state index in [1.165, 1.54) is 22.5 Å². The predicted molar refractivity (Wildman–Crippen MR) is 115 cm³/mol. The van der Waals surface area contributed by atoms with Crippen LogP contribution in [0.1, 0.15) is 24.3 Å². The van der Waals surface area contributed by atoms with Crippen molar-refractivity contribution in [1.29, 1.82) is 0 Å². The number of halogens is 2. The highest BCUT2D eigenvalue weighted by Gasteiger charge is 2.37. The number of aromatic nitrogens is 1. The molecule has 0 radical (unpaired) electrons. The molecule has 1 fully saturated rings. The van der Waals surface area contributed by atoms with Gasteiger partial charge in [0.15, 0.2) is 10.7 Å². The Morgan fingerprint density at radius 1 is 1.42 bits per heavy atom. The molecule has 0 unspecified atom stereocenters. The Balaban J connectivity index is 1.80. The number of piperidine rings is 1. The van der Waals surface area contributed by atoms with Crippen LogP contribution in [0.3, 0.4) is 0 Å². The number of hydrogen-bond acceptors (Lipinski definition) is 6. The van der Waals surface area contributed by atoms with E-state index in [0.717, 1.165) is 6.07 Å². The molecule has 0 bridgehead atoms. The van der Waals surface area contributed by atoms with Gasteiger partial charge in [-0.2, -0.15) is 4.31 Å². The van der Waals surface area contributed by atoms with Crippen LogP contribution in [0.15, 0.2) is 33.8 Å². The number of sulfonamides is 1. The number of nitrogens with zero attached hydrogens (tertiary/aromatic N) is 3. The van der Waals surface area contributed by atoms with E-state index in [-0.39, 0.29) is 40.1 Å². The summed E-state index contributed by atoms with van der Waals surface area (Å²) < 4.78 is 47.1. The summed E-state index contributed by atoms with van der Waals surface area (Å²) in [6, 6.07) is 3.94. The molecule has 2 heterocycles. The molecule has 0 saturated carbocycles. The largest absolute Gasteiger partial charge is 0.383 e. The first-order valence-electron chi connectivity index (χ1n) is 9.66. The second-order valence-corrected chi connectivity index (χ2v) is 9.87. The summed E-state index contributed by atoms with van der Waals surface area (Å²) in [6.07, 6.45) is 4.17. The smallest absolute Gasteiger partial charge is 0.248 e. The molecule has 3 rings (SSSR count). The Morgan fingerprint density at radius 2 is 2.16 bits per heavy atom. The minimum absolute atomic E-state index is 0.000341. The van der Waals surface area contributed by atoms with Crippen LogP contribution >= 0.6 is 11.6 Å². The van der Waals surface area contributed by atoms with Crippen LogP contribution < -0.4 is 5.32 Å². The van der Waals surface area contributed by atoms with Crippen LogP contribution in [-0.4, -0.2) is 55.9 Å². The molecule has 0 spiro atoms. The number of hydrogen-bond donors (Lipinski definition) is 1. The van der Waals surface area contributed by atoms with Crippen LogP contribution in [0.5, 0.6) is 0 Å². The molecule has 1 atom stereocenters. The quantitative estimate of drug-likeness (QED) is 0.695. The monoisotopic (exact) mass is 470 g/mol. The van der Waals surface area contributed by atoms with Gasteiger partial charge in [0.2, 0.25) is 15.9 Å². The second-order valence-electron chi connectivity index (χ2n) is 7.56. The standard InChI is InChI=1S/C20H24ClFN4O4S/c1-13-19(18(30-24-13)8-10-25(2)3)31(28,29)26-9-4-5-14(12-26)20(27)23-17-7-6-15(21)11-16(17)22/h6-8,10-11,14H,4-5,9,12H2,1-3H3,(H,23,27)/b10-8+/t14-/m0/s1. The lowest BCUT2D eigenvalue weighted by Crippen LogP contribution is -2.44. The van der Waals surface area contributed by atoms with Gasteiger partial charge in [-0.15, -0.1) is 0 Å². The second kappa shape index (κ2) is 9.37. The fraction of sp³-hybridized carbons (Fsp3) is 0.400. The Bertz CT molecular complexity index is 1100. The molecule has 1 aliphatic rings. The highest BCUT2D eigenvalue weighted by molar-refractivity contribution is 7.89. The predicted octanol–water partition coefficient (Wildman–Crippen LogP) is 3.35. The van der Waals surface area contributed by atoms with E-state index in [1.54, 1.807) is 32.1 Å². The van der Waals surface area contributed by atoms with Gasteiger partial charge in [0.1, 0.15) is 11.5 Å². The maximum atomic E-state index is 14.0. The van der Waals surface area contributed by atoms with Crippen molar-refractivity contribution in [3.05, 3.63) is 46.7 Å². The third kappa shape index (κ3) is 5.25. The Labute approximate surface area is 185 Å². The minimum atomic E-state index is -3.95. The lowest BCUT2D eigenvalue weighted by Gasteiger charge is -2.31. The van der Waals surface area contributed by atoms with E-state index in [4.69, 9.17) is 16.1 Å². The van der Waals surface area contributed by atoms with Crippen LogP contribution in [-0.2, 0) is 14.8 Å². The van der Waals surface area contributed by atoms with Gasteiger partial charge in [-0.05, 0) is 38.0 Å². The molecular formula is C20H24ClFN4O4S. The Morgan fingerprint density at radius 3 is 2.84 bits per heavy atom. The van der Waals surface area contributed by atoms with Gasteiger partial charge in [-0.1, -0.05) is 16.8 Å². The SMILES string of the molecule is Cc1noc(/C=C/N(C)C)c1S(=O)(=O)N1CCC[C@H](C(=O)Nc2ccc(Cl)cc2F)C1. The van der Waals surface area contributed by atoms with Crippen molar-refractivity contribution in [3.63, 3.8) is 0 Å². The normalized spacial score (nSPS) is 17.8. The lowest BCUT2D eigenvalue weighted by atomic mass is 9.98. The van der Waals surface area contributed by atoms with Gasteiger partial charge < -0.3 is 14.7 Å². The van der Waals surface area contributed by atoms with Gasteiger partial charge >= 0.3 is 0 Å². The third-order valence-corrected chi connectivity index (χ3v) is 7.16.